The lowest BCUT2D eigenvalue weighted by Crippen LogP contribution is -2.03. The van der Waals surface area contributed by atoms with E-state index in [-0.39, 0.29) is 0 Å². The van der Waals surface area contributed by atoms with Gasteiger partial charge in [0.25, 0.3) is 0 Å². The zero-order chi connectivity index (χ0) is 10.3. The molecule has 3 rings (SSSR count). The first-order valence-corrected chi connectivity index (χ1v) is 5.34. The minimum Gasteiger partial charge on any atom is -0.391 e. The molecule has 0 atom stereocenters. The van der Waals surface area contributed by atoms with E-state index < -0.39 is 0 Å². The molecule has 15 heavy (non-hydrogen) atoms. The van der Waals surface area contributed by atoms with Crippen LogP contribution >= 0.6 is 0 Å². The Kier molecular flexibility index (Phi) is 3.44. The van der Waals surface area contributed by atoms with Gasteiger partial charge in [0.1, 0.15) is 0 Å². The van der Waals surface area contributed by atoms with Gasteiger partial charge in [-0.1, -0.05) is 36.4 Å². The first-order valence-electron chi connectivity index (χ1n) is 5.34. The molecule has 1 aromatic carbocycles. The SMILES string of the molecule is C1=CNCC1.C1=Cc2ccccc2NC1. The molecule has 0 spiro atoms. The molecule has 0 amide bonds. The van der Waals surface area contributed by atoms with Crippen LogP contribution in [0, 0.1) is 0 Å². The predicted molar refractivity (Wildman–Crippen MR) is 65.7 cm³/mol. The van der Waals surface area contributed by atoms with Crippen molar-refractivity contribution >= 4 is 11.8 Å². The molecule has 0 saturated heterocycles. The van der Waals surface area contributed by atoms with Crippen LogP contribution in [0.25, 0.3) is 6.08 Å². The normalized spacial score (nSPS) is 15.7. The van der Waals surface area contributed by atoms with Crippen molar-refractivity contribution in [1.82, 2.24) is 5.32 Å². The maximum absolute atomic E-state index is 3.28. The average Bonchev–Trinajstić information content (AvgIpc) is 2.88. The molecule has 78 valence electrons. The summed E-state index contributed by atoms with van der Waals surface area (Å²) in [5.74, 6) is 0. The van der Waals surface area contributed by atoms with Crippen LogP contribution in [0.4, 0.5) is 5.69 Å². The van der Waals surface area contributed by atoms with Crippen molar-refractivity contribution in [3.63, 3.8) is 0 Å². The first kappa shape index (κ1) is 9.84. The number of fused-ring (bicyclic) bond motifs is 1. The first-order chi connectivity index (χ1) is 7.47. The van der Waals surface area contributed by atoms with Gasteiger partial charge in [-0.05, 0) is 24.3 Å². The van der Waals surface area contributed by atoms with Crippen LogP contribution in [0.2, 0.25) is 0 Å². The third kappa shape index (κ3) is 2.88. The molecule has 0 aromatic heterocycles. The maximum Gasteiger partial charge on any atom is 0.0416 e. The van der Waals surface area contributed by atoms with Crippen molar-refractivity contribution < 1.29 is 0 Å². The molecule has 0 aliphatic carbocycles. The zero-order valence-electron chi connectivity index (χ0n) is 8.74. The number of benzene rings is 1. The topological polar surface area (TPSA) is 24.1 Å². The van der Waals surface area contributed by atoms with Gasteiger partial charge in [-0.3, -0.25) is 0 Å². The summed E-state index contributed by atoms with van der Waals surface area (Å²) in [6, 6.07) is 8.30. The summed E-state index contributed by atoms with van der Waals surface area (Å²) in [5.41, 5.74) is 2.53. The van der Waals surface area contributed by atoms with E-state index in [0.717, 1.165) is 13.1 Å². The Morgan fingerprint density at radius 3 is 2.67 bits per heavy atom. The molecule has 0 unspecified atom stereocenters. The van der Waals surface area contributed by atoms with Crippen molar-refractivity contribution in [3.8, 4) is 0 Å². The van der Waals surface area contributed by atoms with Crippen LogP contribution in [0.3, 0.4) is 0 Å². The molecule has 0 bridgehead atoms. The molecule has 2 N–H and O–H groups in total. The van der Waals surface area contributed by atoms with Crippen molar-refractivity contribution in [2.45, 2.75) is 6.42 Å². The summed E-state index contributed by atoms with van der Waals surface area (Å²) in [6.45, 7) is 2.09. The molecule has 0 saturated carbocycles. The molecular formula is C13H16N2. The second-order valence-corrected chi connectivity index (χ2v) is 3.52. The van der Waals surface area contributed by atoms with Gasteiger partial charge in [0, 0.05) is 18.8 Å². The number of hydrogen-bond acceptors (Lipinski definition) is 2. The second kappa shape index (κ2) is 5.25. The highest BCUT2D eigenvalue weighted by atomic mass is 14.9. The van der Waals surface area contributed by atoms with E-state index in [1.807, 2.05) is 12.3 Å². The molecule has 2 heteroatoms. The minimum absolute atomic E-state index is 0.955. The van der Waals surface area contributed by atoms with Crippen LogP contribution in [0.5, 0.6) is 0 Å². The fourth-order valence-electron chi connectivity index (χ4n) is 1.57. The van der Waals surface area contributed by atoms with E-state index in [1.54, 1.807) is 0 Å². The van der Waals surface area contributed by atoms with Gasteiger partial charge in [0.15, 0.2) is 0 Å². The van der Waals surface area contributed by atoms with Crippen molar-refractivity contribution in [3.05, 3.63) is 48.2 Å². The van der Waals surface area contributed by atoms with Gasteiger partial charge < -0.3 is 10.6 Å². The van der Waals surface area contributed by atoms with Crippen LogP contribution < -0.4 is 10.6 Å². The number of para-hydroxylation sites is 1. The smallest absolute Gasteiger partial charge is 0.0416 e. The molecule has 2 heterocycles. The maximum atomic E-state index is 3.28. The highest BCUT2D eigenvalue weighted by Crippen LogP contribution is 2.18. The highest BCUT2D eigenvalue weighted by molar-refractivity contribution is 5.69. The number of anilines is 1. The summed E-state index contributed by atoms with van der Waals surface area (Å²) in [6.07, 6.45) is 9.59. The van der Waals surface area contributed by atoms with Gasteiger partial charge in [-0.2, -0.15) is 0 Å². The van der Waals surface area contributed by atoms with Gasteiger partial charge >= 0.3 is 0 Å². The largest absolute Gasteiger partial charge is 0.391 e. The van der Waals surface area contributed by atoms with E-state index in [0.29, 0.717) is 0 Å². The quantitative estimate of drug-likeness (QED) is 0.672. The zero-order valence-corrected chi connectivity index (χ0v) is 8.74. The molecule has 0 fully saturated rings. The Balaban J connectivity index is 0.000000144. The summed E-state index contributed by atoms with van der Waals surface area (Å²) < 4.78 is 0. The third-order valence-electron chi connectivity index (χ3n) is 2.36. The van der Waals surface area contributed by atoms with Crippen molar-refractivity contribution in [1.29, 1.82) is 0 Å². The van der Waals surface area contributed by atoms with Crippen LogP contribution in [-0.4, -0.2) is 13.1 Å². The Morgan fingerprint density at radius 1 is 1.07 bits per heavy atom. The summed E-state index contributed by atoms with van der Waals surface area (Å²) in [7, 11) is 0. The lowest BCUT2D eigenvalue weighted by atomic mass is 10.1. The van der Waals surface area contributed by atoms with Gasteiger partial charge in [0.05, 0.1) is 0 Å². The lowest BCUT2D eigenvalue weighted by molar-refractivity contribution is 0.917. The van der Waals surface area contributed by atoms with Crippen molar-refractivity contribution in [2.75, 3.05) is 18.4 Å². The summed E-state index contributed by atoms with van der Waals surface area (Å²) in [5, 5.41) is 6.32. The van der Waals surface area contributed by atoms with Crippen molar-refractivity contribution in [2.24, 2.45) is 0 Å². The van der Waals surface area contributed by atoms with E-state index in [9.17, 15) is 0 Å². The lowest BCUT2D eigenvalue weighted by Gasteiger charge is -2.11. The monoisotopic (exact) mass is 200 g/mol. The van der Waals surface area contributed by atoms with Crippen LogP contribution in [0.1, 0.15) is 12.0 Å². The van der Waals surface area contributed by atoms with Crippen LogP contribution in [0.15, 0.2) is 42.6 Å². The van der Waals surface area contributed by atoms with Gasteiger partial charge in [0.2, 0.25) is 0 Å². The Labute approximate surface area is 90.7 Å². The molecule has 1 aromatic rings. The summed E-state index contributed by atoms with van der Waals surface area (Å²) >= 11 is 0. The number of hydrogen-bond donors (Lipinski definition) is 2. The Morgan fingerprint density at radius 2 is 2.00 bits per heavy atom. The minimum atomic E-state index is 0.955. The second-order valence-electron chi connectivity index (χ2n) is 3.52. The standard InChI is InChI=1S/C9H9N.C4H7N/c1-2-6-9-8(4-1)5-3-7-10-9;1-2-4-5-3-1/h1-6,10H,7H2;1,3,5H,2,4H2. The van der Waals surface area contributed by atoms with E-state index in [1.165, 1.54) is 17.7 Å². The number of rotatable bonds is 0. The third-order valence-corrected chi connectivity index (χ3v) is 2.36. The van der Waals surface area contributed by atoms with E-state index >= 15 is 0 Å². The fraction of sp³-hybridized carbons (Fsp3) is 0.231. The molecule has 2 aliphatic heterocycles. The predicted octanol–water partition coefficient (Wildman–Crippen LogP) is 2.62. The van der Waals surface area contributed by atoms with E-state index in [2.05, 4.69) is 47.1 Å². The average molecular weight is 200 g/mol. The number of nitrogens with one attached hydrogen (secondary N) is 2. The molecule has 2 aliphatic rings. The fourth-order valence-corrected chi connectivity index (χ4v) is 1.57. The highest BCUT2D eigenvalue weighted by Gasteiger charge is 1.98. The molecular weight excluding hydrogens is 184 g/mol. The van der Waals surface area contributed by atoms with E-state index in [4.69, 9.17) is 0 Å². The summed E-state index contributed by atoms with van der Waals surface area (Å²) in [4.78, 5) is 0. The molecule has 0 radical (unpaired) electrons. The molecule has 2 nitrogen and oxygen atoms in total. The van der Waals surface area contributed by atoms with Crippen LogP contribution in [-0.2, 0) is 0 Å². The Bertz CT molecular complexity index is 361. The van der Waals surface area contributed by atoms with Gasteiger partial charge in [-0.15, -0.1) is 0 Å². The Hall–Kier alpha value is -1.70. The van der Waals surface area contributed by atoms with Gasteiger partial charge in [-0.25, -0.2) is 0 Å².